The molecule has 1 saturated carbocycles. The first-order valence-electron chi connectivity index (χ1n) is 8.62. The minimum absolute atomic E-state index is 0. The molecule has 3 rings (SSSR count). The van der Waals surface area contributed by atoms with Crippen LogP contribution >= 0.6 is 24.0 Å². The second-order valence-electron chi connectivity index (χ2n) is 6.90. The number of piperidine rings is 1. The monoisotopic (exact) mass is 408 g/mol. The first-order valence-corrected chi connectivity index (χ1v) is 10.5. The number of hydrogen-bond acceptors (Lipinski definition) is 4. The SMILES string of the molecule is CC1CC(NS(=O)(=O)c2cc(Cl)ccc2OCC2CCC2)CCN1.Cl. The summed E-state index contributed by atoms with van der Waals surface area (Å²) < 4.78 is 34.3. The molecule has 1 saturated heterocycles. The van der Waals surface area contributed by atoms with E-state index in [1.165, 1.54) is 12.5 Å². The number of ether oxygens (including phenoxy) is 1. The topological polar surface area (TPSA) is 67.4 Å². The minimum Gasteiger partial charge on any atom is -0.492 e. The number of halogens is 2. The lowest BCUT2D eigenvalue weighted by molar-refractivity contribution is 0.177. The third kappa shape index (κ3) is 5.47. The van der Waals surface area contributed by atoms with Crippen molar-refractivity contribution < 1.29 is 13.2 Å². The number of sulfonamides is 1. The van der Waals surface area contributed by atoms with Gasteiger partial charge in [-0.25, -0.2) is 13.1 Å². The average molecular weight is 409 g/mol. The zero-order valence-corrected chi connectivity index (χ0v) is 16.7. The summed E-state index contributed by atoms with van der Waals surface area (Å²) in [4.78, 5) is 0.139. The number of rotatable bonds is 6. The lowest BCUT2D eigenvalue weighted by Gasteiger charge is -2.29. The van der Waals surface area contributed by atoms with Crippen molar-refractivity contribution in [3.05, 3.63) is 23.2 Å². The van der Waals surface area contributed by atoms with E-state index in [-0.39, 0.29) is 23.3 Å². The largest absolute Gasteiger partial charge is 0.492 e. The Morgan fingerprint density at radius 1 is 1.32 bits per heavy atom. The van der Waals surface area contributed by atoms with E-state index >= 15 is 0 Å². The minimum atomic E-state index is -3.66. The van der Waals surface area contributed by atoms with E-state index in [0.29, 0.717) is 29.3 Å². The van der Waals surface area contributed by atoms with Gasteiger partial charge in [0.05, 0.1) is 6.61 Å². The predicted octanol–water partition coefficient (Wildman–Crippen LogP) is 3.36. The number of benzene rings is 1. The van der Waals surface area contributed by atoms with Crippen LogP contribution in [0.25, 0.3) is 0 Å². The molecule has 2 atom stereocenters. The van der Waals surface area contributed by atoms with Gasteiger partial charge in [-0.3, -0.25) is 0 Å². The van der Waals surface area contributed by atoms with Crippen LogP contribution in [-0.4, -0.2) is 33.7 Å². The van der Waals surface area contributed by atoms with E-state index in [0.717, 1.165) is 32.2 Å². The van der Waals surface area contributed by atoms with Crippen LogP contribution in [0.15, 0.2) is 23.1 Å². The molecule has 2 N–H and O–H groups in total. The molecule has 0 bridgehead atoms. The summed E-state index contributed by atoms with van der Waals surface area (Å²) in [5.74, 6) is 0.926. The van der Waals surface area contributed by atoms with Crippen LogP contribution in [0.5, 0.6) is 5.75 Å². The highest BCUT2D eigenvalue weighted by Gasteiger charge is 2.27. The van der Waals surface area contributed by atoms with E-state index in [1.807, 2.05) is 0 Å². The standard InChI is InChI=1S/C17H25ClN2O3S.ClH/c1-12-9-15(7-8-19-12)20-24(21,22)17-10-14(18)5-6-16(17)23-11-13-3-2-4-13;/h5-6,10,12-13,15,19-20H,2-4,7-9,11H2,1H3;1H. The molecular weight excluding hydrogens is 383 g/mol. The maximum atomic E-state index is 12.8. The van der Waals surface area contributed by atoms with Gasteiger partial charge >= 0.3 is 0 Å². The molecule has 1 aliphatic heterocycles. The fourth-order valence-electron chi connectivity index (χ4n) is 3.20. The van der Waals surface area contributed by atoms with Crippen LogP contribution in [0.1, 0.15) is 39.0 Å². The summed E-state index contributed by atoms with van der Waals surface area (Å²) in [6.45, 7) is 3.44. The molecule has 1 aliphatic carbocycles. The fraction of sp³-hybridized carbons (Fsp3) is 0.647. The predicted molar refractivity (Wildman–Crippen MR) is 102 cm³/mol. The Balaban J connectivity index is 0.00000225. The highest BCUT2D eigenvalue weighted by molar-refractivity contribution is 7.89. The summed E-state index contributed by atoms with van der Waals surface area (Å²) in [5.41, 5.74) is 0. The Bertz CT molecular complexity index is 680. The van der Waals surface area contributed by atoms with Crippen LogP contribution in [0, 0.1) is 5.92 Å². The molecule has 1 aromatic rings. The molecule has 0 radical (unpaired) electrons. The van der Waals surface area contributed by atoms with Crippen molar-refractivity contribution in [3.63, 3.8) is 0 Å². The maximum Gasteiger partial charge on any atom is 0.244 e. The van der Waals surface area contributed by atoms with Crippen molar-refractivity contribution in [1.82, 2.24) is 10.0 Å². The molecule has 2 unspecified atom stereocenters. The Morgan fingerprint density at radius 3 is 2.72 bits per heavy atom. The van der Waals surface area contributed by atoms with Crippen LogP contribution in [0.2, 0.25) is 5.02 Å². The molecule has 1 aromatic carbocycles. The third-order valence-electron chi connectivity index (χ3n) is 4.84. The van der Waals surface area contributed by atoms with Crippen molar-refractivity contribution in [2.24, 2.45) is 5.92 Å². The van der Waals surface area contributed by atoms with Gasteiger partial charge < -0.3 is 10.1 Å². The fourth-order valence-corrected chi connectivity index (χ4v) is 4.89. The highest BCUT2D eigenvalue weighted by Crippen LogP contribution is 2.31. The van der Waals surface area contributed by atoms with Crippen molar-refractivity contribution in [3.8, 4) is 5.75 Å². The van der Waals surface area contributed by atoms with Gasteiger partial charge in [0.15, 0.2) is 0 Å². The zero-order chi connectivity index (χ0) is 17.2. The number of nitrogens with one attached hydrogen (secondary N) is 2. The normalized spacial score (nSPS) is 24.2. The van der Waals surface area contributed by atoms with Gasteiger partial charge in [-0.1, -0.05) is 18.0 Å². The summed E-state index contributed by atoms with van der Waals surface area (Å²) >= 11 is 6.03. The molecule has 2 fully saturated rings. The summed E-state index contributed by atoms with van der Waals surface area (Å²) in [5, 5.41) is 3.72. The highest BCUT2D eigenvalue weighted by atomic mass is 35.5. The second-order valence-corrected chi connectivity index (χ2v) is 9.02. The molecule has 8 heteroatoms. The van der Waals surface area contributed by atoms with Gasteiger partial charge in [-0.05, 0) is 63.3 Å². The first kappa shape index (κ1) is 20.8. The lowest BCUT2D eigenvalue weighted by atomic mass is 9.86. The summed E-state index contributed by atoms with van der Waals surface area (Å²) in [7, 11) is -3.66. The van der Waals surface area contributed by atoms with Gasteiger partial charge in [-0.2, -0.15) is 0 Å². The van der Waals surface area contributed by atoms with Crippen LogP contribution < -0.4 is 14.8 Å². The van der Waals surface area contributed by atoms with Crippen LogP contribution in [0.4, 0.5) is 0 Å². The van der Waals surface area contributed by atoms with Gasteiger partial charge in [0.25, 0.3) is 0 Å². The van der Waals surface area contributed by atoms with Crippen LogP contribution in [-0.2, 0) is 10.0 Å². The maximum absolute atomic E-state index is 12.8. The molecule has 25 heavy (non-hydrogen) atoms. The van der Waals surface area contributed by atoms with Crippen molar-refractivity contribution in [2.45, 2.75) is 56.0 Å². The van der Waals surface area contributed by atoms with Gasteiger partial charge in [0.2, 0.25) is 10.0 Å². The van der Waals surface area contributed by atoms with Gasteiger partial charge in [-0.15, -0.1) is 12.4 Å². The van der Waals surface area contributed by atoms with E-state index in [2.05, 4.69) is 17.0 Å². The van der Waals surface area contributed by atoms with Crippen LogP contribution in [0.3, 0.4) is 0 Å². The van der Waals surface area contributed by atoms with Gasteiger partial charge in [0, 0.05) is 17.1 Å². The van der Waals surface area contributed by atoms with E-state index in [9.17, 15) is 8.42 Å². The Hall–Kier alpha value is -0.530. The molecule has 0 amide bonds. The zero-order valence-electron chi connectivity index (χ0n) is 14.3. The number of hydrogen-bond donors (Lipinski definition) is 2. The molecule has 142 valence electrons. The second kappa shape index (κ2) is 8.91. The van der Waals surface area contributed by atoms with E-state index in [4.69, 9.17) is 16.3 Å². The van der Waals surface area contributed by atoms with Crippen molar-refractivity contribution in [1.29, 1.82) is 0 Å². The Morgan fingerprint density at radius 2 is 2.08 bits per heavy atom. The van der Waals surface area contributed by atoms with Crippen molar-refractivity contribution in [2.75, 3.05) is 13.2 Å². The smallest absolute Gasteiger partial charge is 0.244 e. The molecular formula is C17H26Cl2N2O3S. The average Bonchev–Trinajstić information content (AvgIpc) is 2.46. The molecule has 1 heterocycles. The quantitative estimate of drug-likeness (QED) is 0.756. The Labute approximate surface area is 161 Å². The molecule has 0 spiro atoms. The molecule has 0 aromatic heterocycles. The van der Waals surface area contributed by atoms with E-state index < -0.39 is 10.0 Å². The summed E-state index contributed by atoms with van der Waals surface area (Å²) in [6.07, 6.45) is 5.09. The van der Waals surface area contributed by atoms with Crippen molar-refractivity contribution >= 4 is 34.0 Å². The lowest BCUT2D eigenvalue weighted by Crippen LogP contribution is -2.46. The third-order valence-corrected chi connectivity index (χ3v) is 6.62. The Kier molecular flexibility index (Phi) is 7.40. The van der Waals surface area contributed by atoms with E-state index in [1.54, 1.807) is 12.1 Å². The first-order chi connectivity index (χ1) is 11.4. The summed E-state index contributed by atoms with van der Waals surface area (Å²) in [6, 6.07) is 5.04. The molecule has 5 nitrogen and oxygen atoms in total. The van der Waals surface area contributed by atoms with Gasteiger partial charge in [0.1, 0.15) is 10.6 Å². The molecule has 2 aliphatic rings.